The highest BCUT2D eigenvalue weighted by Crippen LogP contribution is 2.31. The molecule has 4 rings (SSSR count). The molecule has 0 unspecified atom stereocenters. The van der Waals surface area contributed by atoms with Crippen LogP contribution in [0.5, 0.6) is 5.75 Å². The zero-order valence-electron chi connectivity index (χ0n) is 17.0. The van der Waals surface area contributed by atoms with Crippen LogP contribution in [0.25, 0.3) is 17.1 Å². The Bertz CT molecular complexity index is 1300. The number of amides is 1. The van der Waals surface area contributed by atoms with Gasteiger partial charge in [-0.1, -0.05) is 76.2 Å². The van der Waals surface area contributed by atoms with Crippen molar-refractivity contribution >= 4 is 55.7 Å². The number of hydrogen-bond donors (Lipinski definition) is 2. The van der Waals surface area contributed by atoms with Gasteiger partial charge in [0, 0.05) is 21.3 Å². The predicted octanol–water partition coefficient (Wildman–Crippen LogP) is 5.41. The Labute approximate surface area is 211 Å². The number of carbonyl (C=O) groups excluding carboxylic acids is 1. The Hall–Kier alpha value is -2.95. The summed E-state index contributed by atoms with van der Waals surface area (Å²) in [5.74, 6) is 0.507. The number of benzene rings is 3. The molecule has 0 aliphatic heterocycles. The maximum absolute atomic E-state index is 12.4. The van der Waals surface area contributed by atoms with Crippen molar-refractivity contribution in [1.82, 2.24) is 20.2 Å². The molecule has 0 aliphatic carbocycles. The molecule has 0 aliphatic rings. The van der Waals surface area contributed by atoms with Crippen LogP contribution in [0, 0.1) is 0 Å². The van der Waals surface area contributed by atoms with Gasteiger partial charge in [-0.05, 0) is 40.2 Å². The molecule has 0 radical (unpaired) electrons. The molecular weight excluding hydrogens is 570 g/mol. The number of aromatic hydroxyl groups is 1. The number of halogens is 2. The van der Waals surface area contributed by atoms with Gasteiger partial charge in [-0.2, -0.15) is 5.10 Å². The van der Waals surface area contributed by atoms with Crippen LogP contribution in [0.3, 0.4) is 0 Å². The highest BCUT2D eigenvalue weighted by Gasteiger charge is 2.17. The Balaban J connectivity index is 1.48. The second-order valence-corrected chi connectivity index (χ2v) is 9.46. The van der Waals surface area contributed by atoms with Crippen LogP contribution in [0.15, 0.2) is 92.0 Å². The first-order valence-corrected chi connectivity index (χ1v) is 12.3. The average molecular weight is 587 g/mol. The molecule has 7 nitrogen and oxygen atoms in total. The zero-order valence-corrected chi connectivity index (χ0v) is 21.0. The number of thioether (sulfide) groups is 1. The molecule has 0 saturated carbocycles. The number of para-hydroxylation sites is 1. The lowest BCUT2D eigenvalue weighted by molar-refractivity contribution is -0.118. The summed E-state index contributed by atoms with van der Waals surface area (Å²) >= 11 is 7.88. The van der Waals surface area contributed by atoms with Crippen LogP contribution in [0.4, 0.5) is 0 Å². The molecular formula is C23H17Br2N5O2S. The van der Waals surface area contributed by atoms with Gasteiger partial charge < -0.3 is 5.11 Å². The Morgan fingerprint density at radius 3 is 2.48 bits per heavy atom. The molecule has 0 bridgehead atoms. The zero-order chi connectivity index (χ0) is 23.2. The van der Waals surface area contributed by atoms with Gasteiger partial charge in [-0.25, -0.2) is 5.43 Å². The first-order valence-electron chi connectivity index (χ1n) is 9.72. The van der Waals surface area contributed by atoms with Crippen molar-refractivity contribution in [2.45, 2.75) is 5.16 Å². The molecule has 0 saturated heterocycles. The van der Waals surface area contributed by atoms with Crippen LogP contribution in [0.2, 0.25) is 0 Å². The van der Waals surface area contributed by atoms with Gasteiger partial charge in [0.15, 0.2) is 11.0 Å². The topological polar surface area (TPSA) is 92.4 Å². The summed E-state index contributed by atoms with van der Waals surface area (Å²) in [6.45, 7) is 0. The summed E-state index contributed by atoms with van der Waals surface area (Å²) in [7, 11) is 0. The number of nitrogens with one attached hydrogen (secondary N) is 1. The van der Waals surface area contributed by atoms with E-state index in [-0.39, 0.29) is 17.4 Å². The maximum Gasteiger partial charge on any atom is 0.250 e. The van der Waals surface area contributed by atoms with Gasteiger partial charge in [-0.3, -0.25) is 9.36 Å². The van der Waals surface area contributed by atoms with Gasteiger partial charge >= 0.3 is 0 Å². The number of carbonyl (C=O) groups is 1. The Kier molecular flexibility index (Phi) is 7.58. The Morgan fingerprint density at radius 2 is 1.76 bits per heavy atom. The fraction of sp³-hybridized carbons (Fsp3) is 0.0435. The summed E-state index contributed by atoms with van der Waals surface area (Å²) in [5.41, 5.74) is 4.76. The molecule has 1 heterocycles. The van der Waals surface area contributed by atoms with Crippen LogP contribution >= 0.6 is 43.6 Å². The lowest BCUT2D eigenvalue weighted by atomic mass is 10.2. The van der Waals surface area contributed by atoms with E-state index in [1.807, 2.05) is 65.2 Å². The van der Waals surface area contributed by atoms with E-state index in [0.717, 1.165) is 15.7 Å². The van der Waals surface area contributed by atoms with Crippen molar-refractivity contribution in [1.29, 1.82) is 0 Å². The van der Waals surface area contributed by atoms with Crippen molar-refractivity contribution in [3.63, 3.8) is 0 Å². The smallest absolute Gasteiger partial charge is 0.250 e. The normalized spacial score (nSPS) is 11.1. The lowest BCUT2D eigenvalue weighted by Gasteiger charge is -2.10. The van der Waals surface area contributed by atoms with Crippen LogP contribution < -0.4 is 5.43 Å². The van der Waals surface area contributed by atoms with E-state index in [1.165, 1.54) is 18.0 Å². The average Bonchev–Trinajstić information content (AvgIpc) is 3.26. The second kappa shape index (κ2) is 10.8. The highest BCUT2D eigenvalue weighted by atomic mass is 79.9. The SMILES string of the molecule is O=C(CSc1nnc(-c2ccccc2)n1-c1ccccc1)N/N=C/c1cc(Br)cc(Br)c1O. The molecule has 33 heavy (non-hydrogen) atoms. The van der Waals surface area contributed by atoms with E-state index in [4.69, 9.17) is 0 Å². The quantitative estimate of drug-likeness (QED) is 0.172. The summed E-state index contributed by atoms with van der Waals surface area (Å²) in [6.07, 6.45) is 1.38. The molecule has 166 valence electrons. The first-order chi connectivity index (χ1) is 16.0. The van der Waals surface area contributed by atoms with Crippen molar-refractivity contribution in [2.75, 3.05) is 5.75 Å². The summed E-state index contributed by atoms with van der Waals surface area (Å²) in [5, 5.41) is 23.3. The van der Waals surface area contributed by atoms with E-state index in [9.17, 15) is 9.90 Å². The van der Waals surface area contributed by atoms with Crippen LogP contribution in [-0.2, 0) is 4.79 Å². The van der Waals surface area contributed by atoms with E-state index >= 15 is 0 Å². The third-order valence-electron chi connectivity index (χ3n) is 4.46. The van der Waals surface area contributed by atoms with Gasteiger partial charge in [0.05, 0.1) is 16.4 Å². The summed E-state index contributed by atoms with van der Waals surface area (Å²) in [6, 6.07) is 22.9. The molecule has 2 N–H and O–H groups in total. The van der Waals surface area contributed by atoms with Crippen molar-refractivity contribution in [3.05, 3.63) is 87.3 Å². The standard InChI is InChI=1S/C23H17Br2N5O2S/c24-17-11-16(21(32)19(25)12-17)13-26-27-20(31)14-33-23-29-28-22(15-7-3-1-4-8-15)30(23)18-9-5-2-6-10-18/h1-13,32H,14H2,(H,27,31)/b26-13+. The molecule has 1 amide bonds. The van der Waals surface area contributed by atoms with E-state index in [0.29, 0.717) is 21.0 Å². The van der Waals surface area contributed by atoms with Gasteiger partial charge in [-0.15, -0.1) is 10.2 Å². The maximum atomic E-state index is 12.4. The molecule has 0 atom stereocenters. The predicted molar refractivity (Wildman–Crippen MR) is 137 cm³/mol. The van der Waals surface area contributed by atoms with E-state index in [2.05, 4.69) is 52.6 Å². The number of nitrogens with zero attached hydrogens (tertiary/aromatic N) is 4. The van der Waals surface area contributed by atoms with E-state index < -0.39 is 0 Å². The fourth-order valence-electron chi connectivity index (χ4n) is 2.97. The minimum atomic E-state index is -0.311. The van der Waals surface area contributed by atoms with E-state index in [1.54, 1.807) is 12.1 Å². The lowest BCUT2D eigenvalue weighted by Crippen LogP contribution is -2.20. The van der Waals surface area contributed by atoms with Crippen LogP contribution in [-0.4, -0.2) is 37.7 Å². The summed E-state index contributed by atoms with van der Waals surface area (Å²) < 4.78 is 3.22. The number of aromatic nitrogens is 3. The van der Waals surface area contributed by atoms with Gasteiger partial charge in [0.25, 0.3) is 5.91 Å². The van der Waals surface area contributed by atoms with Crippen molar-refractivity contribution < 1.29 is 9.90 Å². The molecule has 0 fully saturated rings. The monoisotopic (exact) mass is 585 g/mol. The highest BCUT2D eigenvalue weighted by molar-refractivity contribution is 9.11. The number of hydrogen-bond acceptors (Lipinski definition) is 6. The fourth-order valence-corrected chi connectivity index (χ4v) is 4.97. The molecule has 4 aromatic rings. The van der Waals surface area contributed by atoms with Crippen LogP contribution in [0.1, 0.15) is 5.56 Å². The minimum Gasteiger partial charge on any atom is -0.506 e. The number of phenols is 1. The molecule has 0 spiro atoms. The Morgan fingerprint density at radius 1 is 1.06 bits per heavy atom. The molecule has 10 heteroatoms. The number of rotatable bonds is 7. The minimum absolute atomic E-state index is 0.0370. The van der Waals surface area contributed by atoms with Crippen molar-refractivity contribution in [3.8, 4) is 22.8 Å². The van der Waals surface area contributed by atoms with Crippen molar-refractivity contribution in [2.24, 2.45) is 5.10 Å². The number of phenolic OH excluding ortho intramolecular Hbond substituents is 1. The largest absolute Gasteiger partial charge is 0.506 e. The second-order valence-electron chi connectivity index (χ2n) is 6.75. The number of hydrazone groups is 1. The summed E-state index contributed by atoms with van der Waals surface area (Å²) in [4.78, 5) is 12.4. The third kappa shape index (κ3) is 5.70. The molecule has 1 aromatic heterocycles. The third-order valence-corrected chi connectivity index (χ3v) is 6.45. The van der Waals surface area contributed by atoms with Gasteiger partial charge in [0.1, 0.15) is 5.75 Å². The first kappa shape index (κ1) is 23.2. The molecule has 3 aromatic carbocycles. The van der Waals surface area contributed by atoms with Gasteiger partial charge in [0.2, 0.25) is 0 Å².